The third-order valence-corrected chi connectivity index (χ3v) is 6.80. The molecule has 0 aromatic heterocycles. The number of aliphatic carboxylic acids is 1. The van der Waals surface area contributed by atoms with Gasteiger partial charge in [-0.15, -0.1) is 0 Å². The number of carbonyl (C=O) groups excluding carboxylic acids is 3. The van der Waals surface area contributed by atoms with E-state index in [9.17, 15) is 24.3 Å². The predicted octanol–water partition coefficient (Wildman–Crippen LogP) is 3.00. The Morgan fingerprint density at radius 2 is 1.73 bits per heavy atom. The highest BCUT2D eigenvalue weighted by molar-refractivity contribution is 6.00. The van der Waals surface area contributed by atoms with Crippen LogP contribution in [0.4, 0.5) is 16.2 Å². The number of aryl methyl sites for hydroxylation is 1. The molecule has 1 unspecified atom stereocenters. The van der Waals surface area contributed by atoms with Gasteiger partial charge in [-0.1, -0.05) is 44.2 Å². The lowest BCUT2D eigenvalue weighted by Crippen LogP contribution is -2.57. The summed E-state index contributed by atoms with van der Waals surface area (Å²) in [6.45, 7) is 7.47. The topological polar surface area (TPSA) is 149 Å². The summed E-state index contributed by atoms with van der Waals surface area (Å²) in [4.78, 5) is 52.1. The van der Waals surface area contributed by atoms with Gasteiger partial charge in [0.1, 0.15) is 6.04 Å². The fourth-order valence-corrected chi connectivity index (χ4v) is 4.64. The molecule has 1 heterocycles. The molecule has 3 atom stereocenters. The standard InChI is InChI=1S/C30H41N5O6/c1-19(2)15-25(29(39)33-24(17-28(37)38)26-18-35(4)13-14-41-26)32-27(36)16-21-9-11-22(12-10-21)31-30(40)34-23-8-6-5-7-20(23)3/h5-12,19,24-26H,13-18H2,1-4H3,(H,32,36)(H,33,39)(H,37,38)(H2,31,34,40)/t24-,25-,26?/m0/s1. The van der Waals surface area contributed by atoms with Gasteiger partial charge in [0, 0.05) is 24.5 Å². The second-order valence-electron chi connectivity index (χ2n) is 10.9. The highest BCUT2D eigenvalue weighted by Gasteiger charge is 2.32. The smallest absolute Gasteiger partial charge is 0.323 e. The average Bonchev–Trinajstić information content (AvgIpc) is 2.90. The summed E-state index contributed by atoms with van der Waals surface area (Å²) in [6, 6.07) is 12.4. The molecule has 0 radical (unpaired) electrons. The number of amides is 4. The van der Waals surface area contributed by atoms with Crippen molar-refractivity contribution in [3.63, 3.8) is 0 Å². The summed E-state index contributed by atoms with van der Waals surface area (Å²) in [5.41, 5.74) is 2.93. The Labute approximate surface area is 241 Å². The van der Waals surface area contributed by atoms with Crippen LogP contribution in [0.2, 0.25) is 0 Å². The number of rotatable bonds is 12. The Morgan fingerprint density at radius 3 is 2.37 bits per heavy atom. The fraction of sp³-hybridized carbons (Fsp3) is 0.467. The molecule has 0 saturated carbocycles. The molecule has 1 saturated heterocycles. The van der Waals surface area contributed by atoms with Crippen LogP contribution in [0.15, 0.2) is 48.5 Å². The van der Waals surface area contributed by atoms with Gasteiger partial charge in [0.05, 0.1) is 31.6 Å². The van der Waals surface area contributed by atoms with Crippen molar-refractivity contribution in [3.8, 4) is 0 Å². The van der Waals surface area contributed by atoms with Crippen molar-refractivity contribution in [2.75, 3.05) is 37.4 Å². The number of hydrogen-bond acceptors (Lipinski definition) is 6. The number of nitrogens with zero attached hydrogens (tertiary/aromatic N) is 1. The van der Waals surface area contributed by atoms with Crippen LogP contribution in [0.1, 0.15) is 37.8 Å². The summed E-state index contributed by atoms with van der Waals surface area (Å²) < 4.78 is 5.76. The highest BCUT2D eigenvalue weighted by atomic mass is 16.5. The molecule has 0 aliphatic carbocycles. The molecule has 5 N–H and O–H groups in total. The average molecular weight is 568 g/mol. The predicted molar refractivity (Wildman–Crippen MR) is 157 cm³/mol. The van der Waals surface area contributed by atoms with Crippen LogP contribution in [-0.4, -0.2) is 78.8 Å². The lowest BCUT2D eigenvalue weighted by Gasteiger charge is -2.35. The zero-order chi connectivity index (χ0) is 29.9. The van der Waals surface area contributed by atoms with Crippen molar-refractivity contribution in [1.29, 1.82) is 0 Å². The molecule has 2 aromatic carbocycles. The van der Waals surface area contributed by atoms with E-state index in [2.05, 4.69) is 21.3 Å². The van der Waals surface area contributed by atoms with Crippen molar-refractivity contribution >= 4 is 35.2 Å². The molecule has 4 amide bonds. The summed E-state index contributed by atoms with van der Waals surface area (Å²) in [7, 11) is 1.92. The maximum Gasteiger partial charge on any atom is 0.323 e. The van der Waals surface area contributed by atoms with Gasteiger partial charge in [-0.2, -0.15) is 0 Å². The van der Waals surface area contributed by atoms with E-state index in [1.165, 1.54) is 0 Å². The normalized spacial score (nSPS) is 16.9. The Bertz CT molecular complexity index is 1200. The number of para-hydroxylation sites is 1. The second kappa shape index (κ2) is 15.2. The lowest BCUT2D eigenvalue weighted by atomic mass is 10.0. The van der Waals surface area contributed by atoms with E-state index in [1.807, 2.05) is 57.0 Å². The van der Waals surface area contributed by atoms with Crippen molar-refractivity contribution in [2.45, 2.75) is 58.2 Å². The van der Waals surface area contributed by atoms with Gasteiger partial charge in [0.2, 0.25) is 11.8 Å². The highest BCUT2D eigenvalue weighted by Crippen LogP contribution is 2.16. The Balaban J connectivity index is 1.58. The molecule has 11 nitrogen and oxygen atoms in total. The molecule has 0 bridgehead atoms. The van der Waals surface area contributed by atoms with Gasteiger partial charge in [0.15, 0.2) is 0 Å². The van der Waals surface area contributed by atoms with Crippen LogP contribution in [0.25, 0.3) is 0 Å². The number of carbonyl (C=O) groups is 4. The quantitative estimate of drug-likeness (QED) is 0.265. The van der Waals surface area contributed by atoms with Crippen molar-refractivity contribution < 1.29 is 29.0 Å². The molecule has 3 rings (SSSR count). The van der Waals surface area contributed by atoms with E-state index in [1.54, 1.807) is 24.3 Å². The van der Waals surface area contributed by atoms with Gasteiger partial charge in [-0.25, -0.2) is 4.79 Å². The van der Waals surface area contributed by atoms with Crippen LogP contribution >= 0.6 is 0 Å². The van der Waals surface area contributed by atoms with E-state index in [0.29, 0.717) is 36.5 Å². The monoisotopic (exact) mass is 567 g/mol. The third-order valence-electron chi connectivity index (χ3n) is 6.80. The van der Waals surface area contributed by atoms with Crippen LogP contribution in [-0.2, 0) is 25.5 Å². The number of carboxylic acid groups (broad SMARTS) is 1. The Kier molecular flexibility index (Phi) is 11.7. The minimum atomic E-state index is -1.04. The first kappa shape index (κ1) is 31.6. The minimum absolute atomic E-state index is 0.0344. The first-order valence-corrected chi connectivity index (χ1v) is 13.8. The summed E-state index contributed by atoms with van der Waals surface area (Å²) in [5, 5.41) is 20.6. The number of benzene rings is 2. The van der Waals surface area contributed by atoms with Crippen LogP contribution < -0.4 is 21.3 Å². The van der Waals surface area contributed by atoms with Gasteiger partial charge in [-0.3, -0.25) is 14.4 Å². The van der Waals surface area contributed by atoms with E-state index >= 15 is 0 Å². The SMILES string of the molecule is Cc1ccccc1NC(=O)Nc1ccc(CC(=O)N[C@@H](CC(C)C)C(=O)N[C@@H](CC(=O)O)C2CN(C)CCO2)cc1. The first-order chi connectivity index (χ1) is 19.5. The van der Waals surface area contributed by atoms with Crippen LogP contribution in [0, 0.1) is 12.8 Å². The van der Waals surface area contributed by atoms with Gasteiger partial charge in [0.25, 0.3) is 0 Å². The molecular weight excluding hydrogens is 526 g/mol. The summed E-state index contributed by atoms with van der Waals surface area (Å²) in [6.07, 6.45) is -0.320. The van der Waals surface area contributed by atoms with Gasteiger partial charge >= 0.3 is 12.0 Å². The van der Waals surface area contributed by atoms with E-state index in [0.717, 1.165) is 12.1 Å². The number of likely N-dealkylation sites (N-methyl/N-ethyl adjacent to an activating group) is 1. The molecule has 1 fully saturated rings. The Hall–Kier alpha value is -3.96. The molecule has 11 heteroatoms. The van der Waals surface area contributed by atoms with Gasteiger partial charge < -0.3 is 36.0 Å². The largest absolute Gasteiger partial charge is 0.481 e. The number of ether oxygens (including phenoxy) is 1. The number of nitrogens with one attached hydrogen (secondary N) is 4. The maximum atomic E-state index is 13.2. The van der Waals surface area contributed by atoms with Crippen molar-refractivity contribution in [1.82, 2.24) is 15.5 Å². The second-order valence-corrected chi connectivity index (χ2v) is 10.9. The molecule has 1 aliphatic rings. The van der Waals surface area contributed by atoms with Crippen LogP contribution in [0.3, 0.4) is 0 Å². The molecular formula is C30H41N5O6. The first-order valence-electron chi connectivity index (χ1n) is 13.8. The zero-order valence-electron chi connectivity index (χ0n) is 24.1. The maximum absolute atomic E-state index is 13.2. The number of morpholine rings is 1. The molecule has 1 aliphatic heterocycles. The number of carboxylic acids is 1. The van der Waals surface area contributed by atoms with E-state index in [-0.39, 0.29) is 30.7 Å². The zero-order valence-corrected chi connectivity index (χ0v) is 24.1. The van der Waals surface area contributed by atoms with Crippen LogP contribution in [0.5, 0.6) is 0 Å². The fourth-order valence-electron chi connectivity index (χ4n) is 4.64. The summed E-state index contributed by atoms with van der Waals surface area (Å²) >= 11 is 0. The van der Waals surface area contributed by atoms with Crippen molar-refractivity contribution in [3.05, 3.63) is 59.7 Å². The number of anilines is 2. The molecule has 41 heavy (non-hydrogen) atoms. The Morgan fingerprint density at radius 1 is 1.02 bits per heavy atom. The third kappa shape index (κ3) is 10.5. The summed E-state index contributed by atoms with van der Waals surface area (Å²) in [5.74, 6) is -1.71. The number of urea groups is 1. The molecule has 2 aromatic rings. The lowest BCUT2D eigenvalue weighted by molar-refractivity contribution is -0.140. The molecule has 222 valence electrons. The molecule has 0 spiro atoms. The number of hydrogen-bond donors (Lipinski definition) is 5. The van der Waals surface area contributed by atoms with Crippen molar-refractivity contribution in [2.24, 2.45) is 5.92 Å². The van der Waals surface area contributed by atoms with E-state index < -0.39 is 30.1 Å². The minimum Gasteiger partial charge on any atom is -0.481 e. The van der Waals surface area contributed by atoms with Gasteiger partial charge in [-0.05, 0) is 55.6 Å². The van der Waals surface area contributed by atoms with E-state index in [4.69, 9.17) is 4.74 Å².